The Kier molecular flexibility index (Phi) is 3.00. The summed E-state index contributed by atoms with van der Waals surface area (Å²) >= 11 is 0. The van der Waals surface area contributed by atoms with E-state index in [0.29, 0.717) is 13.1 Å². The largest absolute Gasteiger partial charge is 0.365 e. The summed E-state index contributed by atoms with van der Waals surface area (Å²) in [7, 11) is 1.59. The van der Waals surface area contributed by atoms with E-state index < -0.39 is 11.8 Å². The summed E-state index contributed by atoms with van der Waals surface area (Å²) in [4.78, 5) is 35.9. The normalized spacial score (nSPS) is 15.4. The standard InChI is InChI=1S/C10H13N5O3/c1-14-4-6(9(11)17)8(13-14)10(18)15-3-2-12-7(16)5-15/h4H,2-3,5H2,1H3,(H2,11,17)(H,12,16). The molecule has 18 heavy (non-hydrogen) atoms. The van der Waals surface area contributed by atoms with Gasteiger partial charge >= 0.3 is 0 Å². The highest BCUT2D eigenvalue weighted by atomic mass is 16.2. The van der Waals surface area contributed by atoms with Crippen molar-refractivity contribution in [1.82, 2.24) is 20.0 Å². The van der Waals surface area contributed by atoms with Crippen LogP contribution in [0, 0.1) is 0 Å². The van der Waals surface area contributed by atoms with Crippen molar-refractivity contribution in [2.24, 2.45) is 12.8 Å². The Balaban J connectivity index is 2.28. The number of hydrogen-bond donors (Lipinski definition) is 2. The number of rotatable bonds is 2. The van der Waals surface area contributed by atoms with E-state index in [4.69, 9.17) is 5.73 Å². The molecule has 8 nitrogen and oxygen atoms in total. The monoisotopic (exact) mass is 251 g/mol. The highest BCUT2D eigenvalue weighted by Gasteiger charge is 2.27. The summed E-state index contributed by atoms with van der Waals surface area (Å²) in [5.41, 5.74) is 5.23. The average molecular weight is 251 g/mol. The first-order chi connectivity index (χ1) is 8.49. The lowest BCUT2D eigenvalue weighted by Gasteiger charge is -2.26. The molecule has 2 heterocycles. The first kappa shape index (κ1) is 12.1. The highest BCUT2D eigenvalue weighted by molar-refractivity contribution is 6.06. The van der Waals surface area contributed by atoms with Gasteiger partial charge in [-0.1, -0.05) is 0 Å². The van der Waals surface area contributed by atoms with Gasteiger partial charge in [-0.25, -0.2) is 0 Å². The van der Waals surface area contributed by atoms with E-state index in [1.807, 2.05) is 0 Å². The van der Waals surface area contributed by atoms with Crippen LogP contribution in [-0.4, -0.2) is 52.0 Å². The van der Waals surface area contributed by atoms with E-state index in [1.165, 1.54) is 15.8 Å². The molecule has 0 spiro atoms. The maximum absolute atomic E-state index is 12.1. The molecule has 1 saturated heterocycles. The highest BCUT2D eigenvalue weighted by Crippen LogP contribution is 2.10. The molecule has 0 unspecified atom stereocenters. The molecule has 0 bridgehead atoms. The fourth-order valence-electron chi connectivity index (χ4n) is 1.79. The molecule has 0 radical (unpaired) electrons. The summed E-state index contributed by atoms with van der Waals surface area (Å²) in [6.07, 6.45) is 1.39. The molecule has 0 aromatic carbocycles. The number of carbonyl (C=O) groups excluding carboxylic acids is 3. The van der Waals surface area contributed by atoms with Gasteiger partial charge < -0.3 is 16.0 Å². The molecule has 2 rings (SSSR count). The Morgan fingerprint density at radius 3 is 2.83 bits per heavy atom. The SMILES string of the molecule is Cn1cc(C(N)=O)c(C(=O)N2CCNC(=O)C2)n1. The zero-order chi connectivity index (χ0) is 13.3. The maximum atomic E-state index is 12.1. The van der Waals surface area contributed by atoms with Gasteiger partial charge in [0.1, 0.15) is 0 Å². The van der Waals surface area contributed by atoms with Gasteiger partial charge in [-0.3, -0.25) is 19.1 Å². The van der Waals surface area contributed by atoms with E-state index >= 15 is 0 Å². The predicted molar refractivity (Wildman–Crippen MR) is 60.6 cm³/mol. The zero-order valence-electron chi connectivity index (χ0n) is 9.84. The molecule has 0 aliphatic carbocycles. The second-order valence-corrected chi connectivity index (χ2v) is 4.01. The van der Waals surface area contributed by atoms with Crippen LogP contribution < -0.4 is 11.1 Å². The van der Waals surface area contributed by atoms with Crippen LogP contribution in [0.4, 0.5) is 0 Å². The zero-order valence-corrected chi connectivity index (χ0v) is 9.84. The number of nitrogens with one attached hydrogen (secondary N) is 1. The minimum Gasteiger partial charge on any atom is -0.365 e. The van der Waals surface area contributed by atoms with Crippen LogP contribution in [-0.2, 0) is 11.8 Å². The topological polar surface area (TPSA) is 110 Å². The lowest BCUT2D eigenvalue weighted by molar-refractivity contribution is -0.123. The lowest BCUT2D eigenvalue weighted by Crippen LogP contribution is -2.50. The summed E-state index contributed by atoms with van der Waals surface area (Å²) in [5, 5.41) is 6.54. The number of piperazine rings is 1. The van der Waals surface area contributed by atoms with Crippen LogP contribution >= 0.6 is 0 Å². The number of aromatic nitrogens is 2. The molecule has 0 atom stereocenters. The Morgan fingerprint density at radius 1 is 1.50 bits per heavy atom. The number of primary amides is 1. The number of nitrogens with two attached hydrogens (primary N) is 1. The first-order valence-corrected chi connectivity index (χ1v) is 5.38. The number of aryl methyl sites for hydroxylation is 1. The molecule has 3 amide bonds. The van der Waals surface area contributed by atoms with Crippen molar-refractivity contribution >= 4 is 17.7 Å². The van der Waals surface area contributed by atoms with Crippen LogP contribution in [0.1, 0.15) is 20.8 Å². The molecule has 1 aliphatic heterocycles. The summed E-state index contributed by atoms with van der Waals surface area (Å²) in [5.74, 6) is -1.40. The van der Waals surface area contributed by atoms with Crippen molar-refractivity contribution < 1.29 is 14.4 Å². The third kappa shape index (κ3) is 2.17. The van der Waals surface area contributed by atoms with E-state index in [2.05, 4.69) is 10.4 Å². The van der Waals surface area contributed by atoms with Crippen molar-refractivity contribution in [1.29, 1.82) is 0 Å². The smallest absolute Gasteiger partial charge is 0.275 e. The van der Waals surface area contributed by atoms with Gasteiger partial charge in [0, 0.05) is 26.3 Å². The van der Waals surface area contributed by atoms with E-state index in [0.717, 1.165) is 0 Å². The molecule has 1 aromatic rings. The minimum atomic E-state index is -0.715. The second kappa shape index (κ2) is 4.47. The molecular weight excluding hydrogens is 238 g/mol. The lowest BCUT2D eigenvalue weighted by atomic mass is 10.2. The summed E-state index contributed by atoms with van der Waals surface area (Å²) in [6, 6.07) is 0. The first-order valence-electron chi connectivity index (χ1n) is 5.38. The molecular formula is C10H13N5O3. The molecule has 1 aromatic heterocycles. The summed E-state index contributed by atoms with van der Waals surface area (Å²) < 4.78 is 1.34. The molecule has 1 aliphatic rings. The molecule has 0 saturated carbocycles. The third-order valence-electron chi connectivity index (χ3n) is 2.62. The van der Waals surface area contributed by atoms with Crippen molar-refractivity contribution in [2.75, 3.05) is 19.6 Å². The van der Waals surface area contributed by atoms with E-state index in [9.17, 15) is 14.4 Å². The van der Waals surface area contributed by atoms with Gasteiger partial charge in [0.15, 0.2) is 5.69 Å². The van der Waals surface area contributed by atoms with Crippen molar-refractivity contribution in [2.45, 2.75) is 0 Å². The maximum Gasteiger partial charge on any atom is 0.275 e. The van der Waals surface area contributed by atoms with Crippen LogP contribution in [0.25, 0.3) is 0 Å². The molecule has 8 heteroatoms. The predicted octanol–water partition coefficient (Wildman–Crippen LogP) is -1.91. The van der Waals surface area contributed by atoms with Crippen molar-refractivity contribution in [3.63, 3.8) is 0 Å². The van der Waals surface area contributed by atoms with Gasteiger partial charge in [0.25, 0.3) is 11.8 Å². The molecule has 1 fully saturated rings. The van der Waals surface area contributed by atoms with Gasteiger partial charge in [-0.15, -0.1) is 0 Å². The van der Waals surface area contributed by atoms with Crippen molar-refractivity contribution in [3.8, 4) is 0 Å². The summed E-state index contributed by atoms with van der Waals surface area (Å²) in [6.45, 7) is 0.746. The van der Waals surface area contributed by atoms with Gasteiger partial charge in [0.05, 0.1) is 12.1 Å². The Labute approximate surface area is 103 Å². The van der Waals surface area contributed by atoms with Crippen molar-refractivity contribution in [3.05, 3.63) is 17.5 Å². The Hall–Kier alpha value is -2.38. The fourth-order valence-corrected chi connectivity index (χ4v) is 1.79. The minimum absolute atomic E-state index is 0.0142. The van der Waals surface area contributed by atoms with Crippen LogP contribution in [0.15, 0.2) is 6.20 Å². The van der Waals surface area contributed by atoms with Crippen LogP contribution in [0.5, 0.6) is 0 Å². The van der Waals surface area contributed by atoms with Crippen LogP contribution in [0.2, 0.25) is 0 Å². The number of hydrogen-bond acceptors (Lipinski definition) is 4. The van der Waals surface area contributed by atoms with E-state index in [1.54, 1.807) is 7.05 Å². The Morgan fingerprint density at radius 2 is 2.22 bits per heavy atom. The van der Waals surface area contributed by atoms with Gasteiger partial charge in [-0.05, 0) is 0 Å². The second-order valence-electron chi connectivity index (χ2n) is 4.01. The quantitative estimate of drug-likeness (QED) is 0.639. The number of nitrogens with zero attached hydrogens (tertiary/aromatic N) is 3. The molecule has 96 valence electrons. The van der Waals surface area contributed by atoms with Gasteiger partial charge in [-0.2, -0.15) is 5.10 Å². The van der Waals surface area contributed by atoms with Crippen LogP contribution in [0.3, 0.4) is 0 Å². The number of amides is 3. The average Bonchev–Trinajstić information content (AvgIpc) is 2.70. The third-order valence-corrected chi connectivity index (χ3v) is 2.62. The van der Waals surface area contributed by atoms with Gasteiger partial charge in [0.2, 0.25) is 5.91 Å². The number of carbonyl (C=O) groups is 3. The Bertz CT molecular complexity index is 522. The molecule has 3 N–H and O–H groups in total. The fraction of sp³-hybridized carbons (Fsp3) is 0.400. The van der Waals surface area contributed by atoms with E-state index in [-0.39, 0.29) is 23.7 Å².